The second kappa shape index (κ2) is 4.89. The molecule has 1 aliphatic carbocycles. The summed E-state index contributed by atoms with van der Waals surface area (Å²) < 4.78 is 0. The Balaban J connectivity index is 2.06. The van der Waals surface area contributed by atoms with Crippen molar-refractivity contribution in [3.05, 3.63) is 23.2 Å². The number of oxime groups is 1. The molecule has 1 atom stereocenters. The summed E-state index contributed by atoms with van der Waals surface area (Å²) >= 11 is 1.24. The van der Waals surface area contributed by atoms with Gasteiger partial charge in [-0.15, -0.1) is 11.3 Å². The molecule has 0 aliphatic heterocycles. The van der Waals surface area contributed by atoms with Crippen LogP contribution in [0.3, 0.4) is 0 Å². The lowest BCUT2D eigenvalue weighted by molar-refractivity contribution is 0.0932. The Kier molecular flexibility index (Phi) is 3.31. The molecule has 0 saturated heterocycles. The summed E-state index contributed by atoms with van der Waals surface area (Å²) in [5, 5.41) is 5.77. The normalized spacial score (nSPS) is 20.0. The minimum Gasteiger partial charge on any atom is -0.388 e. The molecule has 1 aliphatic rings. The summed E-state index contributed by atoms with van der Waals surface area (Å²) in [5.74, 6) is 0. The third-order valence-corrected chi connectivity index (χ3v) is 2.78. The fraction of sp³-hybridized carbons (Fsp3) is 0.300. The third-order valence-electron chi connectivity index (χ3n) is 2.11. The van der Waals surface area contributed by atoms with Gasteiger partial charge in [0.25, 0.3) is 6.29 Å². The van der Waals surface area contributed by atoms with Crippen LogP contribution in [0.25, 0.3) is 0 Å². The fourth-order valence-corrected chi connectivity index (χ4v) is 1.87. The third kappa shape index (κ3) is 2.46. The Morgan fingerprint density at radius 3 is 3.19 bits per heavy atom. The van der Waals surface area contributed by atoms with Crippen LogP contribution >= 0.6 is 11.3 Å². The fourth-order valence-electron chi connectivity index (χ4n) is 1.33. The minimum atomic E-state index is -0.0562. The maximum absolute atomic E-state index is 10.7. The van der Waals surface area contributed by atoms with E-state index in [2.05, 4.69) is 10.1 Å². The Morgan fingerprint density at radius 1 is 1.75 bits per heavy atom. The van der Waals surface area contributed by atoms with E-state index in [1.807, 2.05) is 12.2 Å². The van der Waals surface area contributed by atoms with Crippen molar-refractivity contribution in [3.63, 3.8) is 0 Å². The van der Waals surface area contributed by atoms with E-state index < -0.39 is 0 Å². The van der Waals surface area contributed by atoms with E-state index in [0.29, 0.717) is 10.8 Å². The molecule has 0 spiro atoms. The van der Waals surface area contributed by atoms with Crippen molar-refractivity contribution in [2.75, 3.05) is 5.73 Å². The van der Waals surface area contributed by atoms with Crippen LogP contribution in [-0.4, -0.2) is 23.1 Å². The Labute approximate surface area is 96.6 Å². The Hall–Kier alpha value is -1.69. The number of nitrogen functional groups attached to an aromatic ring is 1. The highest BCUT2D eigenvalue weighted by molar-refractivity contribution is 7.13. The van der Waals surface area contributed by atoms with Crippen molar-refractivity contribution in [2.45, 2.75) is 18.9 Å². The molecule has 2 N–H and O–H groups in total. The predicted molar refractivity (Wildman–Crippen MR) is 62.0 cm³/mol. The van der Waals surface area contributed by atoms with Gasteiger partial charge in [0.05, 0.1) is 0 Å². The van der Waals surface area contributed by atoms with Crippen LogP contribution < -0.4 is 5.73 Å². The minimum absolute atomic E-state index is 0.0493. The zero-order valence-electron chi connectivity index (χ0n) is 8.42. The van der Waals surface area contributed by atoms with E-state index >= 15 is 0 Å². The number of anilines is 1. The quantitative estimate of drug-likeness (QED) is 0.485. The van der Waals surface area contributed by atoms with E-state index in [-0.39, 0.29) is 11.8 Å². The predicted octanol–water partition coefficient (Wildman–Crippen LogP) is 1.27. The van der Waals surface area contributed by atoms with Gasteiger partial charge in [-0.2, -0.15) is 0 Å². The van der Waals surface area contributed by atoms with Gasteiger partial charge in [0, 0.05) is 5.38 Å². The lowest BCUT2D eigenvalue weighted by atomic mass is 10.3. The van der Waals surface area contributed by atoms with Gasteiger partial charge < -0.3 is 10.6 Å². The standard InChI is InChI=1S/C10H10N3O2S/c11-10-12-9(6-16-10)8(5-14)13-15-7-3-1-2-4-7/h1,3,6-7H,2,4H2,(H2,11,12)/b13-8+. The molecule has 1 unspecified atom stereocenters. The van der Waals surface area contributed by atoms with Gasteiger partial charge in [-0.1, -0.05) is 11.2 Å². The molecule has 1 aromatic rings. The highest BCUT2D eigenvalue weighted by Gasteiger charge is 2.12. The molecule has 2 rings (SSSR count). The molecular formula is C10H10N3O2S. The monoisotopic (exact) mass is 236 g/mol. The van der Waals surface area contributed by atoms with Crippen molar-refractivity contribution in [3.8, 4) is 0 Å². The average Bonchev–Trinajstić information content (AvgIpc) is 2.91. The topological polar surface area (TPSA) is 77.6 Å². The molecule has 0 saturated carbocycles. The van der Waals surface area contributed by atoms with Crippen LogP contribution in [0.5, 0.6) is 0 Å². The number of hydrogen-bond donors (Lipinski definition) is 1. The number of thiazole rings is 1. The summed E-state index contributed by atoms with van der Waals surface area (Å²) in [6.07, 6.45) is 7.44. The summed E-state index contributed by atoms with van der Waals surface area (Å²) in [6, 6.07) is 0. The van der Waals surface area contributed by atoms with Crippen LogP contribution in [0.15, 0.2) is 22.7 Å². The molecule has 1 aromatic heterocycles. The maximum atomic E-state index is 10.7. The molecule has 0 amide bonds. The Bertz CT molecular complexity index is 439. The Morgan fingerprint density at radius 2 is 2.62 bits per heavy atom. The zero-order chi connectivity index (χ0) is 11.4. The highest BCUT2D eigenvalue weighted by Crippen LogP contribution is 2.15. The van der Waals surface area contributed by atoms with Gasteiger partial charge in [0.15, 0.2) is 10.8 Å². The van der Waals surface area contributed by atoms with Crippen LogP contribution in [0.1, 0.15) is 18.5 Å². The van der Waals surface area contributed by atoms with Crippen LogP contribution in [0.4, 0.5) is 5.13 Å². The van der Waals surface area contributed by atoms with Gasteiger partial charge in [-0.25, -0.2) is 4.98 Å². The summed E-state index contributed by atoms with van der Waals surface area (Å²) in [4.78, 5) is 19.8. The lowest BCUT2D eigenvalue weighted by Gasteiger charge is -2.04. The van der Waals surface area contributed by atoms with Crippen molar-refractivity contribution >= 4 is 28.5 Å². The number of nitrogens with two attached hydrogens (primary N) is 1. The number of hydrogen-bond acceptors (Lipinski definition) is 6. The molecule has 0 aromatic carbocycles. The first-order valence-corrected chi connectivity index (χ1v) is 5.67. The largest absolute Gasteiger partial charge is 0.388 e. The molecule has 1 radical (unpaired) electrons. The number of aromatic nitrogens is 1. The average molecular weight is 236 g/mol. The van der Waals surface area contributed by atoms with E-state index in [0.717, 1.165) is 12.8 Å². The molecule has 1 heterocycles. The second-order valence-electron chi connectivity index (χ2n) is 3.26. The van der Waals surface area contributed by atoms with Gasteiger partial charge in [0.1, 0.15) is 11.8 Å². The first-order valence-electron chi connectivity index (χ1n) is 4.79. The first-order chi connectivity index (χ1) is 7.79. The van der Waals surface area contributed by atoms with Crippen molar-refractivity contribution in [1.29, 1.82) is 0 Å². The van der Waals surface area contributed by atoms with Crippen LogP contribution in [-0.2, 0) is 9.63 Å². The summed E-state index contributed by atoms with van der Waals surface area (Å²) in [7, 11) is 0. The highest BCUT2D eigenvalue weighted by atomic mass is 32.1. The molecule has 6 heteroatoms. The van der Waals surface area contributed by atoms with E-state index in [1.165, 1.54) is 11.3 Å². The van der Waals surface area contributed by atoms with E-state index in [1.54, 1.807) is 11.7 Å². The molecule has 83 valence electrons. The lowest BCUT2D eigenvalue weighted by Crippen LogP contribution is -2.08. The molecule has 16 heavy (non-hydrogen) atoms. The second-order valence-corrected chi connectivity index (χ2v) is 4.15. The summed E-state index contributed by atoms with van der Waals surface area (Å²) in [5.41, 5.74) is 5.91. The molecular weight excluding hydrogens is 226 g/mol. The van der Waals surface area contributed by atoms with Gasteiger partial charge in [0.2, 0.25) is 0 Å². The number of nitrogens with zero attached hydrogens (tertiary/aromatic N) is 2. The van der Waals surface area contributed by atoms with Crippen LogP contribution in [0.2, 0.25) is 0 Å². The van der Waals surface area contributed by atoms with Crippen molar-refractivity contribution < 1.29 is 9.63 Å². The number of carbonyl (C=O) groups excluding carboxylic acids is 1. The smallest absolute Gasteiger partial charge is 0.259 e. The maximum Gasteiger partial charge on any atom is 0.259 e. The van der Waals surface area contributed by atoms with Gasteiger partial charge in [-0.3, -0.25) is 4.79 Å². The SMILES string of the molecule is Nc1nc(/C([C]=O)=N/OC2C=CCC2)cs1. The zero-order valence-corrected chi connectivity index (χ0v) is 9.24. The molecule has 0 bridgehead atoms. The van der Waals surface area contributed by atoms with Gasteiger partial charge >= 0.3 is 0 Å². The first kappa shape index (κ1) is 10.8. The molecule has 5 nitrogen and oxygen atoms in total. The van der Waals surface area contributed by atoms with Crippen molar-refractivity contribution in [2.24, 2.45) is 5.16 Å². The molecule has 0 fully saturated rings. The number of rotatable bonds is 4. The van der Waals surface area contributed by atoms with Crippen LogP contribution in [0, 0.1) is 0 Å². The van der Waals surface area contributed by atoms with Crippen molar-refractivity contribution in [1.82, 2.24) is 4.98 Å². The summed E-state index contributed by atoms with van der Waals surface area (Å²) in [6.45, 7) is 0. The van der Waals surface area contributed by atoms with E-state index in [4.69, 9.17) is 10.6 Å². The number of allylic oxidation sites excluding steroid dienone is 1. The van der Waals surface area contributed by atoms with E-state index in [9.17, 15) is 4.79 Å². The van der Waals surface area contributed by atoms with Gasteiger partial charge in [-0.05, 0) is 18.9 Å².